The second kappa shape index (κ2) is 11.1. The molecule has 2 aromatic carbocycles. The Morgan fingerprint density at radius 3 is 2.39 bits per heavy atom. The molecule has 0 saturated carbocycles. The van der Waals surface area contributed by atoms with E-state index in [1.165, 1.54) is 32.1 Å². The number of ether oxygens (including phenoxy) is 2. The Balaban J connectivity index is 1.84. The van der Waals surface area contributed by atoms with Gasteiger partial charge in [0.1, 0.15) is 17.6 Å². The number of rotatable bonds is 8. The molecule has 0 spiro atoms. The van der Waals surface area contributed by atoms with E-state index in [1.807, 2.05) is 0 Å². The summed E-state index contributed by atoms with van der Waals surface area (Å²) in [5.41, 5.74) is 1.03. The summed E-state index contributed by atoms with van der Waals surface area (Å²) in [6.07, 6.45) is 1.71. The molecule has 31 heavy (non-hydrogen) atoms. The number of carbonyl (C=O) groups is 3. The number of amides is 2. The summed E-state index contributed by atoms with van der Waals surface area (Å²) >= 11 is 5.67. The zero-order valence-electron chi connectivity index (χ0n) is 17.1. The predicted octanol–water partition coefficient (Wildman–Crippen LogP) is 3.58. The van der Waals surface area contributed by atoms with Crippen LogP contribution in [0.15, 0.2) is 48.5 Å². The molecule has 2 atom stereocenters. The van der Waals surface area contributed by atoms with Crippen molar-refractivity contribution in [2.45, 2.75) is 26.0 Å². The fraction of sp³-hybridized carbons (Fsp3) is 0.227. The summed E-state index contributed by atoms with van der Waals surface area (Å²) < 4.78 is 23.3. The SMILES string of the molecule is COc1ccc(C=CC(=O)N[C@@H](C)C(=O)OC(C)C(=O)Nc2ccc(F)c(Cl)c2)cc1. The number of hydrogen-bond acceptors (Lipinski definition) is 5. The number of halogens is 2. The third-order valence-electron chi connectivity index (χ3n) is 4.10. The van der Waals surface area contributed by atoms with Crippen molar-refractivity contribution in [1.82, 2.24) is 5.32 Å². The van der Waals surface area contributed by atoms with Crippen molar-refractivity contribution in [3.63, 3.8) is 0 Å². The van der Waals surface area contributed by atoms with Gasteiger partial charge in [0.05, 0.1) is 12.1 Å². The van der Waals surface area contributed by atoms with E-state index in [1.54, 1.807) is 37.5 Å². The van der Waals surface area contributed by atoms with Crippen LogP contribution in [-0.2, 0) is 19.1 Å². The summed E-state index contributed by atoms with van der Waals surface area (Å²) in [6.45, 7) is 2.81. The molecule has 0 fully saturated rings. The number of benzene rings is 2. The minimum Gasteiger partial charge on any atom is -0.497 e. The van der Waals surface area contributed by atoms with Gasteiger partial charge in [0, 0.05) is 11.8 Å². The Kier molecular flexibility index (Phi) is 8.57. The summed E-state index contributed by atoms with van der Waals surface area (Å²) in [4.78, 5) is 36.3. The van der Waals surface area contributed by atoms with Gasteiger partial charge in [0.2, 0.25) is 5.91 Å². The Bertz CT molecular complexity index is 978. The number of methoxy groups -OCH3 is 1. The van der Waals surface area contributed by atoms with Gasteiger partial charge in [-0.3, -0.25) is 9.59 Å². The van der Waals surface area contributed by atoms with Crippen molar-refractivity contribution in [2.75, 3.05) is 12.4 Å². The van der Waals surface area contributed by atoms with Crippen LogP contribution in [0.2, 0.25) is 5.02 Å². The van der Waals surface area contributed by atoms with Gasteiger partial charge < -0.3 is 20.1 Å². The van der Waals surface area contributed by atoms with E-state index in [2.05, 4.69) is 10.6 Å². The molecule has 2 amide bonds. The van der Waals surface area contributed by atoms with Crippen LogP contribution in [-0.4, -0.2) is 37.0 Å². The van der Waals surface area contributed by atoms with Crippen molar-refractivity contribution >= 4 is 41.1 Å². The second-order valence-electron chi connectivity index (χ2n) is 6.53. The molecule has 0 aromatic heterocycles. The van der Waals surface area contributed by atoms with E-state index in [-0.39, 0.29) is 10.7 Å². The highest BCUT2D eigenvalue weighted by Gasteiger charge is 2.23. The quantitative estimate of drug-likeness (QED) is 0.475. The van der Waals surface area contributed by atoms with Crippen LogP contribution in [0.1, 0.15) is 19.4 Å². The van der Waals surface area contributed by atoms with Crippen molar-refractivity contribution in [2.24, 2.45) is 0 Å². The summed E-state index contributed by atoms with van der Waals surface area (Å²) in [5, 5.41) is 4.78. The van der Waals surface area contributed by atoms with Gasteiger partial charge in [-0.1, -0.05) is 23.7 Å². The van der Waals surface area contributed by atoms with Crippen LogP contribution >= 0.6 is 11.6 Å². The molecule has 7 nitrogen and oxygen atoms in total. The molecule has 164 valence electrons. The van der Waals surface area contributed by atoms with E-state index in [4.69, 9.17) is 21.1 Å². The lowest BCUT2D eigenvalue weighted by Gasteiger charge is -2.17. The monoisotopic (exact) mass is 448 g/mol. The lowest BCUT2D eigenvalue weighted by Crippen LogP contribution is -2.41. The summed E-state index contributed by atoms with van der Waals surface area (Å²) in [7, 11) is 1.56. The van der Waals surface area contributed by atoms with Crippen LogP contribution in [0.3, 0.4) is 0 Å². The molecule has 2 N–H and O–H groups in total. The Hall–Kier alpha value is -3.39. The Morgan fingerprint density at radius 2 is 1.77 bits per heavy atom. The van der Waals surface area contributed by atoms with Gasteiger partial charge in [0.25, 0.3) is 5.91 Å². The summed E-state index contributed by atoms with van der Waals surface area (Å²) in [6, 6.07) is 9.74. The van der Waals surface area contributed by atoms with E-state index < -0.39 is 35.7 Å². The lowest BCUT2D eigenvalue weighted by molar-refractivity contribution is -0.155. The molecule has 1 unspecified atom stereocenters. The molecule has 2 rings (SSSR count). The number of anilines is 1. The maximum absolute atomic E-state index is 13.2. The maximum atomic E-state index is 13.2. The minimum atomic E-state index is -1.15. The highest BCUT2D eigenvalue weighted by molar-refractivity contribution is 6.31. The van der Waals surface area contributed by atoms with Gasteiger partial charge >= 0.3 is 5.97 Å². The van der Waals surface area contributed by atoms with Crippen LogP contribution in [0.4, 0.5) is 10.1 Å². The molecule has 0 aliphatic carbocycles. The maximum Gasteiger partial charge on any atom is 0.329 e. The van der Waals surface area contributed by atoms with Crippen LogP contribution in [0, 0.1) is 5.82 Å². The molecular formula is C22H22ClFN2O5. The van der Waals surface area contributed by atoms with Crippen molar-refractivity contribution in [1.29, 1.82) is 0 Å². The molecule has 0 heterocycles. The number of hydrogen-bond donors (Lipinski definition) is 2. The zero-order chi connectivity index (χ0) is 23.0. The first-order valence-electron chi connectivity index (χ1n) is 9.28. The molecule has 0 radical (unpaired) electrons. The minimum absolute atomic E-state index is 0.151. The smallest absolute Gasteiger partial charge is 0.329 e. The lowest BCUT2D eigenvalue weighted by atomic mass is 10.2. The molecule has 2 aromatic rings. The average Bonchev–Trinajstić information content (AvgIpc) is 2.75. The number of nitrogens with one attached hydrogen (secondary N) is 2. The molecule has 0 bridgehead atoms. The Morgan fingerprint density at radius 1 is 1.10 bits per heavy atom. The fourth-order valence-corrected chi connectivity index (χ4v) is 2.54. The van der Waals surface area contributed by atoms with Crippen LogP contribution in [0.5, 0.6) is 5.75 Å². The third kappa shape index (κ3) is 7.42. The van der Waals surface area contributed by atoms with E-state index in [0.717, 1.165) is 11.6 Å². The van der Waals surface area contributed by atoms with E-state index in [9.17, 15) is 18.8 Å². The van der Waals surface area contributed by atoms with Gasteiger partial charge in [-0.25, -0.2) is 9.18 Å². The summed E-state index contributed by atoms with van der Waals surface area (Å²) in [5.74, 6) is -1.85. The highest BCUT2D eigenvalue weighted by atomic mass is 35.5. The first kappa shape index (κ1) is 23.9. The number of esters is 1. The molecular weight excluding hydrogens is 427 g/mol. The normalized spacial score (nSPS) is 12.7. The molecule has 0 aliphatic heterocycles. The van der Waals surface area contributed by atoms with Gasteiger partial charge in [-0.15, -0.1) is 0 Å². The van der Waals surface area contributed by atoms with E-state index >= 15 is 0 Å². The van der Waals surface area contributed by atoms with Crippen LogP contribution < -0.4 is 15.4 Å². The highest BCUT2D eigenvalue weighted by Crippen LogP contribution is 2.19. The first-order chi connectivity index (χ1) is 14.7. The predicted molar refractivity (Wildman–Crippen MR) is 115 cm³/mol. The van der Waals surface area contributed by atoms with Gasteiger partial charge in [-0.2, -0.15) is 0 Å². The first-order valence-corrected chi connectivity index (χ1v) is 9.66. The van der Waals surface area contributed by atoms with Gasteiger partial charge in [-0.05, 0) is 55.8 Å². The topological polar surface area (TPSA) is 93.7 Å². The zero-order valence-corrected chi connectivity index (χ0v) is 17.9. The van der Waals surface area contributed by atoms with Gasteiger partial charge in [0.15, 0.2) is 6.10 Å². The molecule has 9 heteroatoms. The van der Waals surface area contributed by atoms with E-state index in [0.29, 0.717) is 5.75 Å². The van der Waals surface area contributed by atoms with Crippen molar-refractivity contribution < 1.29 is 28.2 Å². The Labute approximate surface area is 184 Å². The standard InChI is InChI=1S/C22H22ClFN2O5/c1-13(25-20(27)11-6-15-4-8-17(30-3)9-5-15)22(29)31-14(2)21(28)26-16-7-10-19(24)18(23)12-16/h4-14H,1-3H3,(H,25,27)(H,26,28)/t13-,14?/m0/s1. The largest absolute Gasteiger partial charge is 0.497 e. The molecule has 0 saturated heterocycles. The average molecular weight is 449 g/mol. The van der Waals surface area contributed by atoms with Crippen molar-refractivity contribution in [3.05, 3.63) is 64.9 Å². The second-order valence-corrected chi connectivity index (χ2v) is 6.94. The molecule has 0 aliphatic rings. The fourth-order valence-electron chi connectivity index (χ4n) is 2.35. The van der Waals surface area contributed by atoms with Crippen LogP contribution in [0.25, 0.3) is 6.08 Å². The number of carbonyl (C=O) groups excluding carboxylic acids is 3. The third-order valence-corrected chi connectivity index (χ3v) is 4.39. The van der Waals surface area contributed by atoms with Crippen molar-refractivity contribution in [3.8, 4) is 5.75 Å².